The van der Waals surface area contributed by atoms with Gasteiger partial charge in [-0.25, -0.2) is 0 Å². The molecular weight excluding hydrogens is 454 g/mol. The maximum absolute atomic E-state index is 12.1. The first-order chi connectivity index (χ1) is 17.0. The van der Waals surface area contributed by atoms with Crippen LogP contribution in [0.3, 0.4) is 0 Å². The highest BCUT2D eigenvalue weighted by molar-refractivity contribution is 5.70. The molecule has 1 aromatic rings. The zero-order valence-electron chi connectivity index (χ0n) is 24.1. The summed E-state index contributed by atoms with van der Waals surface area (Å²) in [6.45, 7) is 7.11. The van der Waals surface area contributed by atoms with Gasteiger partial charge in [-0.2, -0.15) is 0 Å². The maximum Gasteiger partial charge on any atom is 0.306 e. The first-order valence-corrected chi connectivity index (χ1v) is 14.3. The topological polar surface area (TPSA) is 79.6 Å². The Kier molecular flexibility index (Phi) is 15.7. The average molecular weight is 508 g/mol. The van der Waals surface area contributed by atoms with Crippen molar-refractivity contribution >= 4 is 11.9 Å². The minimum absolute atomic E-state index is 0.249. The number of hydrogen-bond acceptors (Lipinski definition) is 5. The highest BCUT2D eigenvalue weighted by atomic mass is 16.5. The number of hydrogen-bond donors (Lipinski definition) is 0. The summed E-state index contributed by atoms with van der Waals surface area (Å²) in [7, 11) is 5.84. The van der Waals surface area contributed by atoms with E-state index in [-0.39, 0.29) is 12.4 Å². The largest absolute Gasteiger partial charge is 0.550 e. The molecule has 0 saturated heterocycles. The van der Waals surface area contributed by atoms with Crippen LogP contribution in [0, 0.1) is 13.8 Å². The van der Waals surface area contributed by atoms with Crippen LogP contribution < -0.4 is 5.11 Å². The number of unbranched alkanes of at least 4 members (excludes halogenated alkanes) is 10. The summed E-state index contributed by atoms with van der Waals surface area (Å²) in [6, 6.07) is 0. The lowest BCUT2D eigenvalue weighted by Gasteiger charge is -2.29. The Morgan fingerprint density at radius 3 is 1.75 bits per heavy atom. The molecular formula is C30H53NO5. The molecule has 6 heteroatoms. The molecule has 36 heavy (non-hydrogen) atoms. The summed E-state index contributed by atoms with van der Waals surface area (Å²) in [5.41, 5.74) is 2.70. The fourth-order valence-electron chi connectivity index (χ4n) is 4.71. The highest BCUT2D eigenvalue weighted by Crippen LogP contribution is 2.25. The van der Waals surface area contributed by atoms with Gasteiger partial charge in [0.2, 0.25) is 0 Å². The number of aryl methyl sites for hydroxylation is 2. The van der Waals surface area contributed by atoms with Crippen LogP contribution >= 0.6 is 0 Å². The number of esters is 1. The Labute approximate surface area is 220 Å². The maximum atomic E-state index is 12.1. The van der Waals surface area contributed by atoms with Crippen molar-refractivity contribution in [2.45, 2.75) is 130 Å². The smallest absolute Gasteiger partial charge is 0.306 e. The summed E-state index contributed by atoms with van der Waals surface area (Å²) in [4.78, 5) is 23.1. The molecule has 1 atom stereocenters. The summed E-state index contributed by atoms with van der Waals surface area (Å²) >= 11 is 0. The summed E-state index contributed by atoms with van der Waals surface area (Å²) < 4.78 is 12.2. The average Bonchev–Trinajstić information content (AvgIpc) is 3.04. The van der Waals surface area contributed by atoms with Gasteiger partial charge >= 0.3 is 5.97 Å². The van der Waals surface area contributed by atoms with Gasteiger partial charge in [0.25, 0.3) is 0 Å². The molecule has 0 aliphatic carbocycles. The van der Waals surface area contributed by atoms with E-state index < -0.39 is 12.1 Å². The number of rotatable bonds is 21. The van der Waals surface area contributed by atoms with E-state index >= 15 is 0 Å². The molecule has 1 rings (SSSR count). The Balaban J connectivity index is 2.12. The number of likely N-dealkylation sites (N-methyl/N-ethyl adjacent to an activating group) is 1. The van der Waals surface area contributed by atoms with Gasteiger partial charge in [-0.15, -0.1) is 0 Å². The molecule has 1 heterocycles. The molecule has 6 nitrogen and oxygen atoms in total. The van der Waals surface area contributed by atoms with Gasteiger partial charge in [-0.1, -0.05) is 64.7 Å². The number of aliphatic carboxylic acids is 1. The van der Waals surface area contributed by atoms with Crippen molar-refractivity contribution in [3.8, 4) is 0 Å². The third-order valence-corrected chi connectivity index (χ3v) is 6.88. The zero-order valence-corrected chi connectivity index (χ0v) is 24.1. The molecule has 208 valence electrons. The van der Waals surface area contributed by atoms with E-state index in [1.54, 1.807) is 0 Å². The van der Waals surface area contributed by atoms with E-state index in [4.69, 9.17) is 9.15 Å². The van der Waals surface area contributed by atoms with Crippen LogP contribution in [-0.4, -0.2) is 50.2 Å². The third kappa shape index (κ3) is 14.7. The number of furan rings is 1. The molecule has 0 aliphatic heterocycles. The minimum Gasteiger partial charge on any atom is -0.550 e. The van der Waals surface area contributed by atoms with Crippen LogP contribution in [0.2, 0.25) is 0 Å². The predicted molar refractivity (Wildman–Crippen MR) is 144 cm³/mol. The first kappa shape index (κ1) is 32.2. The molecule has 0 saturated carbocycles. The van der Waals surface area contributed by atoms with Crippen LogP contribution in [0.4, 0.5) is 0 Å². The van der Waals surface area contributed by atoms with E-state index in [0.29, 0.717) is 17.4 Å². The molecule has 0 N–H and O–H groups in total. The van der Waals surface area contributed by atoms with Gasteiger partial charge in [-0.3, -0.25) is 4.79 Å². The van der Waals surface area contributed by atoms with Gasteiger partial charge in [-0.05, 0) is 44.2 Å². The second kappa shape index (κ2) is 17.6. The molecule has 0 spiro atoms. The summed E-state index contributed by atoms with van der Waals surface area (Å²) in [6.07, 6.45) is 15.6. The van der Waals surface area contributed by atoms with Crippen molar-refractivity contribution in [2.75, 3.05) is 27.7 Å². The molecule has 0 fully saturated rings. The van der Waals surface area contributed by atoms with Crippen LogP contribution in [-0.2, 0) is 27.2 Å². The van der Waals surface area contributed by atoms with Gasteiger partial charge in [0.05, 0.1) is 21.1 Å². The fraction of sp³-hybridized carbons (Fsp3) is 0.800. The van der Waals surface area contributed by atoms with Crippen molar-refractivity contribution in [1.82, 2.24) is 0 Å². The van der Waals surface area contributed by atoms with Gasteiger partial charge < -0.3 is 23.5 Å². The molecule has 1 unspecified atom stereocenters. The SMILES string of the molecule is CCCCCCc1oc(CCCCCCCCCCC(=O)OC(CC(=O)[O-])C[N+](C)(C)C)c(C)c1C. The number of carboxylic acids is 1. The number of carboxylic acid groups (broad SMARTS) is 1. The summed E-state index contributed by atoms with van der Waals surface area (Å²) in [5.74, 6) is 0.902. The van der Waals surface area contributed by atoms with Crippen molar-refractivity contribution in [2.24, 2.45) is 0 Å². The normalized spacial score (nSPS) is 12.6. The Hall–Kier alpha value is -1.82. The Bertz CT molecular complexity index is 762. The van der Waals surface area contributed by atoms with Crippen molar-refractivity contribution in [1.29, 1.82) is 0 Å². The predicted octanol–water partition coefficient (Wildman–Crippen LogP) is 5.83. The molecule has 0 aromatic carbocycles. The number of nitrogens with zero attached hydrogens (tertiary/aromatic N) is 1. The van der Waals surface area contributed by atoms with E-state index in [1.807, 2.05) is 21.1 Å². The van der Waals surface area contributed by atoms with Crippen molar-refractivity contribution in [3.05, 3.63) is 22.6 Å². The molecule has 0 bridgehead atoms. The Morgan fingerprint density at radius 2 is 1.28 bits per heavy atom. The lowest BCUT2D eigenvalue weighted by Crippen LogP contribution is -2.45. The van der Waals surface area contributed by atoms with E-state index in [2.05, 4.69) is 20.8 Å². The van der Waals surface area contributed by atoms with Crippen molar-refractivity contribution in [3.63, 3.8) is 0 Å². The molecule has 0 radical (unpaired) electrons. The van der Waals surface area contributed by atoms with Crippen LogP contribution in [0.5, 0.6) is 0 Å². The molecule has 0 amide bonds. The second-order valence-electron chi connectivity index (χ2n) is 11.5. The number of quaternary nitrogens is 1. The van der Waals surface area contributed by atoms with Crippen LogP contribution in [0.1, 0.15) is 119 Å². The van der Waals surface area contributed by atoms with Gasteiger partial charge in [0, 0.05) is 31.7 Å². The zero-order chi connectivity index (χ0) is 27.0. The van der Waals surface area contributed by atoms with Gasteiger partial charge in [0.15, 0.2) is 6.10 Å². The monoisotopic (exact) mass is 507 g/mol. The van der Waals surface area contributed by atoms with Crippen LogP contribution in [0.15, 0.2) is 4.42 Å². The summed E-state index contributed by atoms with van der Waals surface area (Å²) in [5, 5.41) is 10.9. The standard InChI is InChI=1S/C30H53NO5/c1-7-8-9-16-19-27-24(2)25(3)28(36-27)20-17-14-12-10-11-13-15-18-21-30(34)35-26(22-29(32)33)23-31(4,5)6/h26H,7-23H2,1-6H3. The lowest BCUT2D eigenvalue weighted by molar-refractivity contribution is -0.873. The first-order valence-electron chi connectivity index (χ1n) is 14.3. The molecule has 0 aliphatic rings. The molecule has 1 aromatic heterocycles. The van der Waals surface area contributed by atoms with Crippen molar-refractivity contribution < 1.29 is 28.3 Å². The minimum atomic E-state index is -1.18. The fourth-order valence-corrected chi connectivity index (χ4v) is 4.71. The number of ether oxygens (including phenoxy) is 1. The van der Waals surface area contributed by atoms with E-state index in [0.717, 1.165) is 32.1 Å². The lowest BCUT2D eigenvalue weighted by atomic mass is 10.0. The highest BCUT2D eigenvalue weighted by Gasteiger charge is 2.22. The third-order valence-electron chi connectivity index (χ3n) is 6.88. The van der Waals surface area contributed by atoms with E-state index in [1.165, 1.54) is 80.4 Å². The Morgan fingerprint density at radius 1 is 0.806 bits per heavy atom. The number of carbonyl (C=O) groups excluding carboxylic acids is 2. The van der Waals surface area contributed by atoms with Gasteiger partial charge in [0.1, 0.15) is 18.1 Å². The van der Waals surface area contributed by atoms with Crippen LogP contribution in [0.25, 0.3) is 0 Å². The van der Waals surface area contributed by atoms with E-state index in [9.17, 15) is 14.7 Å². The second-order valence-corrected chi connectivity index (χ2v) is 11.5. The number of carbonyl (C=O) groups is 2. The quantitative estimate of drug-likeness (QED) is 0.119.